The number of nitrogens with zero attached hydrogens (tertiary/aromatic N) is 1. The van der Waals surface area contributed by atoms with E-state index in [-0.39, 0.29) is 5.75 Å². The number of hydrogen-bond donors (Lipinski definition) is 1. The summed E-state index contributed by atoms with van der Waals surface area (Å²) in [4.78, 5) is 4.31. The van der Waals surface area contributed by atoms with Crippen LogP contribution in [0.1, 0.15) is 21.8 Å². The fourth-order valence-electron chi connectivity index (χ4n) is 1.86. The number of aromatic nitrogens is 1. The molecule has 0 saturated heterocycles. The zero-order chi connectivity index (χ0) is 14.6. The van der Waals surface area contributed by atoms with Gasteiger partial charge in [0.2, 0.25) is 10.0 Å². The van der Waals surface area contributed by atoms with Crippen LogP contribution in [0.4, 0.5) is 0 Å². The Morgan fingerprint density at radius 1 is 1.25 bits per heavy atom. The first-order valence-electron chi connectivity index (χ1n) is 6.39. The number of benzene rings is 1. The summed E-state index contributed by atoms with van der Waals surface area (Å²) in [6.45, 7) is 4.24. The molecule has 0 aliphatic carbocycles. The minimum Gasteiger partial charge on any atom is -0.247 e. The van der Waals surface area contributed by atoms with Crippen LogP contribution >= 0.6 is 11.3 Å². The highest BCUT2D eigenvalue weighted by molar-refractivity contribution is 7.88. The third kappa shape index (κ3) is 4.40. The van der Waals surface area contributed by atoms with E-state index in [1.807, 2.05) is 43.5 Å². The van der Waals surface area contributed by atoms with Crippen LogP contribution in [0.15, 0.2) is 29.6 Å². The van der Waals surface area contributed by atoms with Gasteiger partial charge >= 0.3 is 0 Å². The van der Waals surface area contributed by atoms with Gasteiger partial charge in [0.05, 0.1) is 10.8 Å². The number of aryl methyl sites for hydroxylation is 2. The molecule has 1 aromatic carbocycles. The van der Waals surface area contributed by atoms with Crippen LogP contribution < -0.4 is 4.72 Å². The van der Waals surface area contributed by atoms with Crippen molar-refractivity contribution in [3.8, 4) is 0 Å². The van der Waals surface area contributed by atoms with Crippen molar-refractivity contribution in [1.29, 1.82) is 0 Å². The molecule has 0 atom stereocenters. The second kappa shape index (κ2) is 6.47. The van der Waals surface area contributed by atoms with Gasteiger partial charge in [0.1, 0.15) is 0 Å². The summed E-state index contributed by atoms with van der Waals surface area (Å²) in [6.07, 6.45) is 0.630. The molecule has 0 fully saturated rings. The summed E-state index contributed by atoms with van der Waals surface area (Å²) < 4.78 is 26.7. The molecule has 6 heteroatoms. The SMILES string of the molecule is Cc1csc(CCNS(=O)(=O)Cc2ccccc2C)n1. The molecular weight excluding hydrogens is 292 g/mol. The number of sulfonamides is 1. The van der Waals surface area contributed by atoms with Crippen molar-refractivity contribution in [2.45, 2.75) is 26.0 Å². The van der Waals surface area contributed by atoms with Gasteiger partial charge in [-0.25, -0.2) is 18.1 Å². The summed E-state index contributed by atoms with van der Waals surface area (Å²) in [5.41, 5.74) is 2.81. The summed E-state index contributed by atoms with van der Waals surface area (Å²) in [5.74, 6) is 0.0244. The Balaban J connectivity index is 1.90. The van der Waals surface area contributed by atoms with Crippen molar-refractivity contribution in [1.82, 2.24) is 9.71 Å². The van der Waals surface area contributed by atoms with Crippen molar-refractivity contribution in [3.63, 3.8) is 0 Å². The van der Waals surface area contributed by atoms with Gasteiger partial charge < -0.3 is 0 Å². The first kappa shape index (κ1) is 15.2. The van der Waals surface area contributed by atoms with E-state index in [4.69, 9.17) is 0 Å². The van der Waals surface area contributed by atoms with E-state index in [0.717, 1.165) is 21.8 Å². The third-order valence-corrected chi connectivity index (χ3v) is 5.30. The topological polar surface area (TPSA) is 59.1 Å². The van der Waals surface area contributed by atoms with Gasteiger partial charge in [-0.3, -0.25) is 0 Å². The average Bonchev–Trinajstić information content (AvgIpc) is 2.77. The predicted octanol–water partition coefficient (Wildman–Crippen LogP) is 2.42. The quantitative estimate of drug-likeness (QED) is 0.891. The van der Waals surface area contributed by atoms with Crippen LogP contribution in [0.25, 0.3) is 0 Å². The van der Waals surface area contributed by atoms with Gasteiger partial charge in [0.15, 0.2) is 0 Å². The van der Waals surface area contributed by atoms with E-state index in [0.29, 0.717) is 13.0 Å². The average molecular weight is 310 g/mol. The van der Waals surface area contributed by atoms with Crippen LogP contribution in [-0.2, 0) is 22.2 Å². The molecule has 4 nitrogen and oxygen atoms in total. The maximum atomic E-state index is 12.0. The van der Waals surface area contributed by atoms with Crippen molar-refractivity contribution in [3.05, 3.63) is 51.5 Å². The molecule has 1 N–H and O–H groups in total. The second-order valence-corrected chi connectivity index (χ2v) is 7.46. The molecule has 2 rings (SSSR count). The largest absolute Gasteiger partial charge is 0.247 e. The molecule has 1 aromatic heterocycles. The van der Waals surface area contributed by atoms with Crippen LogP contribution in [0.2, 0.25) is 0 Å². The smallest absolute Gasteiger partial charge is 0.215 e. The Kier molecular flexibility index (Phi) is 4.91. The van der Waals surface area contributed by atoms with Gasteiger partial charge in [-0.1, -0.05) is 24.3 Å². The lowest BCUT2D eigenvalue weighted by atomic mass is 10.1. The van der Waals surface area contributed by atoms with Crippen LogP contribution in [-0.4, -0.2) is 19.9 Å². The number of thiazole rings is 1. The normalized spacial score (nSPS) is 11.7. The van der Waals surface area contributed by atoms with Crippen molar-refractivity contribution in [2.75, 3.05) is 6.54 Å². The summed E-state index contributed by atoms with van der Waals surface area (Å²) in [5, 5.41) is 2.93. The number of hydrogen-bond acceptors (Lipinski definition) is 4. The fraction of sp³-hybridized carbons (Fsp3) is 0.357. The first-order valence-corrected chi connectivity index (χ1v) is 8.92. The highest BCUT2D eigenvalue weighted by atomic mass is 32.2. The lowest BCUT2D eigenvalue weighted by Gasteiger charge is -2.08. The summed E-state index contributed by atoms with van der Waals surface area (Å²) >= 11 is 1.56. The molecule has 0 aliphatic rings. The lowest BCUT2D eigenvalue weighted by Crippen LogP contribution is -2.27. The molecule has 0 unspecified atom stereocenters. The van der Waals surface area contributed by atoms with Gasteiger partial charge in [-0.15, -0.1) is 11.3 Å². The van der Waals surface area contributed by atoms with Crippen molar-refractivity contribution < 1.29 is 8.42 Å². The zero-order valence-electron chi connectivity index (χ0n) is 11.6. The Labute approximate surface area is 123 Å². The summed E-state index contributed by atoms with van der Waals surface area (Å²) in [7, 11) is -3.29. The molecule has 0 amide bonds. The molecule has 2 aromatic rings. The van der Waals surface area contributed by atoms with Gasteiger partial charge in [-0.2, -0.15) is 0 Å². The van der Waals surface area contributed by atoms with Gasteiger partial charge in [0, 0.05) is 24.0 Å². The van der Waals surface area contributed by atoms with Crippen molar-refractivity contribution in [2.24, 2.45) is 0 Å². The second-order valence-electron chi connectivity index (χ2n) is 4.71. The van der Waals surface area contributed by atoms with E-state index in [2.05, 4.69) is 9.71 Å². The Bertz CT molecular complexity index is 678. The predicted molar refractivity (Wildman–Crippen MR) is 82.4 cm³/mol. The van der Waals surface area contributed by atoms with E-state index >= 15 is 0 Å². The van der Waals surface area contributed by atoms with E-state index in [1.165, 1.54) is 0 Å². The fourth-order valence-corrected chi connectivity index (χ4v) is 3.88. The Hall–Kier alpha value is -1.24. The Morgan fingerprint density at radius 2 is 2.00 bits per heavy atom. The molecule has 0 saturated carbocycles. The molecule has 0 spiro atoms. The molecule has 108 valence electrons. The zero-order valence-corrected chi connectivity index (χ0v) is 13.2. The maximum absolute atomic E-state index is 12.0. The molecule has 20 heavy (non-hydrogen) atoms. The maximum Gasteiger partial charge on any atom is 0.215 e. The number of rotatable bonds is 6. The molecule has 0 bridgehead atoms. The minimum absolute atomic E-state index is 0.0244. The highest BCUT2D eigenvalue weighted by Crippen LogP contribution is 2.11. The summed E-state index contributed by atoms with van der Waals surface area (Å²) in [6, 6.07) is 7.53. The van der Waals surface area contributed by atoms with E-state index < -0.39 is 10.0 Å². The van der Waals surface area contributed by atoms with E-state index in [1.54, 1.807) is 11.3 Å². The standard InChI is InChI=1S/C14H18N2O2S2/c1-11-5-3-4-6-13(11)10-20(17,18)15-8-7-14-16-12(2)9-19-14/h3-6,9,15H,7-8,10H2,1-2H3. The molecular formula is C14H18N2O2S2. The van der Waals surface area contributed by atoms with Crippen LogP contribution in [0, 0.1) is 13.8 Å². The van der Waals surface area contributed by atoms with Crippen LogP contribution in [0.5, 0.6) is 0 Å². The van der Waals surface area contributed by atoms with E-state index in [9.17, 15) is 8.42 Å². The third-order valence-electron chi connectivity index (χ3n) is 2.93. The lowest BCUT2D eigenvalue weighted by molar-refractivity contribution is 0.580. The van der Waals surface area contributed by atoms with Gasteiger partial charge in [-0.05, 0) is 25.0 Å². The molecule has 1 heterocycles. The van der Waals surface area contributed by atoms with Crippen molar-refractivity contribution >= 4 is 21.4 Å². The monoisotopic (exact) mass is 310 g/mol. The van der Waals surface area contributed by atoms with Gasteiger partial charge in [0.25, 0.3) is 0 Å². The number of nitrogens with one attached hydrogen (secondary N) is 1. The first-order chi connectivity index (χ1) is 9.46. The molecule has 0 aliphatic heterocycles. The van der Waals surface area contributed by atoms with Crippen LogP contribution in [0.3, 0.4) is 0 Å². The minimum atomic E-state index is -3.29. The Morgan fingerprint density at radius 3 is 2.65 bits per heavy atom. The highest BCUT2D eigenvalue weighted by Gasteiger charge is 2.12. The molecule has 0 radical (unpaired) electrons.